The first-order valence-corrected chi connectivity index (χ1v) is 8.29. The van der Waals surface area contributed by atoms with Crippen molar-refractivity contribution in [3.63, 3.8) is 0 Å². The first kappa shape index (κ1) is 16.9. The molecule has 1 aliphatic rings. The second-order valence-electron chi connectivity index (χ2n) is 5.53. The molecule has 1 heterocycles. The lowest BCUT2D eigenvalue weighted by Crippen LogP contribution is -2.47. The fraction of sp³-hybridized carbons (Fsp3) is 0.833. The minimum atomic E-state index is -3.46. The molecule has 1 aliphatic heterocycles. The maximum atomic E-state index is 12.1. The van der Waals surface area contributed by atoms with Crippen molar-refractivity contribution in [1.29, 1.82) is 0 Å². The third kappa shape index (κ3) is 3.92. The van der Waals surface area contributed by atoms with E-state index in [1.165, 1.54) is 11.8 Å². The second kappa shape index (κ2) is 6.09. The average molecular weight is 306 g/mol. The summed E-state index contributed by atoms with van der Waals surface area (Å²) in [5.41, 5.74) is -0.947. The smallest absolute Gasteiger partial charge is 0.311 e. The Labute approximate surface area is 119 Å². The van der Waals surface area contributed by atoms with Crippen molar-refractivity contribution in [2.24, 2.45) is 5.41 Å². The van der Waals surface area contributed by atoms with Crippen molar-refractivity contribution < 1.29 is 23.1 Å². The number of carboxylic acids is 1. The number of hydrogen-bond acceptors (Lipinski definition) is 4. The summed E-state index contributed by atoms with van der Waals surface area (Å²) in [7, 11) is -3.46. The van der Waals surface area contributed by atoms with Crippen molar-refractivity contribution in [3.8, 4) is 0 Å². The van der Waals surface area contributed by atoms with Gasteiger partial charge in [-0.1, -0.05) is 6.92 Å². The summed E-state index contributed by atoms with van der Waals surface area (Å²) in [6.07, 6.45) is 0.847. The molecule has 0 aliphatic carbocycles. The Hall–Kier alpha value is -1.15. The zero-order valence-electron chi connectivity index (χ0n) is 12.0. The monoisotopic (exact) mass is 306 g/mol. The van der Waals surface area contributed by atoms with E-state index in [1.54, 1.807) is 13.8 Å². The standard InChI is InChI=1S/C12H22N2O5S/c1-4-7-20(18,19)13-9(2)10(15)14-6-5-12(3,8-14)11(16)17/h9,13H,4-8H2,1-3H3,(H,16,17). The number of aliphatic carboxylic acids is 1. The molecule has 0 aromatic rings. The predicted octanol–water partition coefficient (Wildman–Crippen LogP) is 0.0275. The Morgan fingerprint density at radius 2 is 2.05 bits per heavy atom. The number of sulfonamides is 1. The average Bonchev–Trinajstić information content (AvgIpc) is 2.71. The van der Waals surface area contributed by atoms with E-state index in [9.17, 15) is 18.0 Å². The zero-order valence-corrected chi connectivity index (χ0v) is 12.9. The van der Waals surface area contributed by atoms with Crippen LogP contribution in [0.5, 0.6) is 0 Å². The van der Waals surface area contributed by atoms with Crippen LogP contribution in [0.4, 0.5) is 0 Å². The van der Waals surface area contributed by atoms with Crippen molar-refractivity contribution in [1.82, 2.24) is 9.62 Å². The van der Waals surface area contributed by atoms with Crippen molar-refractivity contribution in [2.75, 3.05) is 18.8 Å². The van der Waals surface area contributed by atoms with Gasteiger partial charge in [-0.2, -0.15) is 0 Å². The van der Waals surface area contributed by atoms with Gasteiger partial charge < -0.3 is 10.0 Å². The minimum absolute atomic E-state index is 0.0303. The number of carbonyl (C=O) groups excluding carboxylic acids is 1. The summed E-state index contributed by atoms with van der Waals surface area (Å²) in [6, 6.07) is -0.873. The molecule has 20 heavy (non-hydrogen) atoms. The number of hydrogen-bond donors (Lipinski definition) is 2. The fourth-order valence-corrected chi connectivity index (χ4v) is 3.54. The van der Waals surface area contributed by atoms with E-state index < -0.39 is 27.4 Å². The summed E-state index contributed by atoms with van der Waals surface area (Å²) >= 11 is 0. The van der Waals surface area contributed by atoms with E-state index in [1.807, 2.05) is 0 Å². The van der Waals surface area contributed by atoms with E-state index in [2.05, 4.69) is 4.72 Å². The van der Waals surface area contributed by atoms with Gasteiger partial charge in [-0.3, -0.25) is 9.59 Å². The zero-order chi connectivity index (χ0) is 15.6. The van der Waals surface area contributed by atoms with Crippen LogP contribution in [-0.2, 0) is 19.6 Å². The number of amides is 1. The molecule has 0 radical (unpaired) electrons. The Morgan fingerprint density at radius 3 is 2.50 bits per heavy atom. The molecule has 2 N–H and O–H groups in total. The maximum absolute atomic E-state index is 12.1. The van der Waals surface area contributed by atoms with Crippen LogP contribution in [0.1, 0.15) is 33.6 Å². The van der Waals surface area contributed by atoms with Crippen LogP contribution in [0.15, 0.2) is 0 Å². The topological polar surface area (TPSA) is 104 Å². The Morgan fingerprint density at radius 1 is 1.45 bits per heavy atom. The second-order valence-corrected chi connectivity index (χ2v) is 7.41. The predicted molar refractivity (Wildman–Crippen MR) is 73.6 cm³/mol. The van der Waals surface area contributed by atoms with Crippen LogP contribution in [0, 0.1) is 5.41 Å². The summed E-state index contributed by atoms with van der Waals surface area (Å²) < 4.78 is 25.6. The van der Waals surface area contributed by atoms with Crippen LogP contribution in [0.2, 0.25) is 0 Å². The SMILES string of the molecule is CCCS(=O)(=O)NC(C)C(=O)N1CCC(C)(C(=O)O)C1. The van der Waals surface area contributed by atoms with Crippen molar-refractivity contribution in [2.45, 2.75) is 39.7 Å². The van der Waals surface area contributed by atoms with Gasteiger partial charge in [0.2, 0.25) is 15.9 Å². The molecule has 1 rings (SSSR count). The highest BCUT2D eigenvalue weighted by Gasteiger charge is 2.43. The number of nitrogens with zero attached hydrogens (tertiary/aromatic N) is 1. The maximum Gasteiger partial charge on any atom is 0.311 e. The highest BCUT2D eigenvalue weighted by molar-refractivity contribution is 7.89. The van der Waals surface area contributed by atoms with Crippen LogP contribution in [0.3, 0.4) is 0 Å². The molecule has 1 saturated heterocycles. The van der Waals surface area contributed by atoms with E-state index >= 15 is 0 Å². The van der Waals surface area contributed by atoms with Crippen molar-refractivity contribution in [3.05, 3.63) is 0 Å². The van der Waals surface area contributed by atoms with Gasteiger partial charge >= 0.3 is 5.97 Å². The molecule has 0 bridgehead atoms. The Balaban J connectivity index is 2.66. The van der Waals surface area contributed by atoms with Crippen LogP contribution in [-0.4, -0.2) is 55.2 Å². The van der Waals surface area contributed by atoms with Gasteiger partial charge in [-0.25, -0.2) is 13.1 Å². The molecule has 0 spiro atoms. The van der Waals surface area contributed by atoms with Crippen LogP contribution < -0.4 is 4.72 Å². The Kier molecular flexibility index (Phi) is 5.15. The molecule has 1 fully saturated rings. The first-order chi connectivity index (χ1) is 9.11. The number of nitrogens with one attached hydrogen (secondary N) is 1. The molecule has 0 saturated carbocycles. The largest absolute Gasteiger partial charge is 0.481 e. The van der Waals surface area contributed by atoms with E-state index in [0.717, 1.165) is 0 Å². The molecule has 2 unspecified atom stereocenters. The van der Waals surface area contributed by atoms with Gasteiger partial charge in [0.25, 0.3) is 0 Å². The molecular formula is C12H22N2O5S. The van der Waals surface area contributed by atoms with Gasteiger partial charge in [0.15, 0.2) is 0 Å². The third-order valence-corrected chi connectivity index (χ3v) is 5.16. The van der Waals surface area contributed by atoms with Gasteiger partial charge in [0.05, 0.1) is 17.2 Å². The summed E-state index contributed by atoms with van der Waals surface area (Å²) in [5, 5.41) is 9.12. The highest BCUT2D eigenvalue weighted by Crippen LogP contribution is 2.30. The fourth-order valence-electron chi connectivity index (χ4n) is 2.25. The molecule has 1 amide bonds. The molecular weight excluding hydrogens is 284 g/mol. The minimum Gasteiger partial charge on any atom is -0.481 e. The van der Waals surface area contributed by atoms with E-state index in [4.69, 9.17) is 5.11 Å². The summed E-state index contributed by atoms with van der Waals surface area (Å²) in [6.45, 7) is 5.26. The van der Waals surface area contributed by atoms with Gasteiger partial charge in [-0.05, 0) is 26.7 Å². The normalized spacial score (nSPS) is 24.6. The summed E-state index contributed by atoms with van der Waals surface area (Å²) in [4.78, 5) is 24.7. The highest BCUT2D eigenvalue weighted by atomic mass is 32.2. The Bertz CT molecular complexity index is 490. The lowest BCUT2D eigenvalue weighted by Gasteiger charge is -2.23. The molecule has 0 aromatic carbocycles. The first-order valence-electron chi connectivity index (χ1n) is 6.63. The molecule has 116 valence electrons. The molecule has 8 heteroatoms. The lowest BCUT2D eigenvalue weighted by molar-refractivity contribution is -0.147. The number of likely N-dealkylation sites (tertiary alicyclic amines) is 1. The third-order valence-electron chi connectivity index (χ3n) is 3.50. The number of carbonyl (C=O) groups is 2. The number of carboxylic acid groups (broad SMARTS) is 1. The molecule has 2 atom stereocenters. The van der Waals surface area contributed by atoms with Gasteiger partial charge in [0, 0.05) is 13.1 Å². The number of rotatable bonds is 6. The van der Waals surface area contributed by atoms with Crippen molar-refractivity contribution >= 4 is 21.9 Å². The van der Waals surface area contributed by atoms with E-state index in [0.29, 0.717) is 19.4 Å². The van der Waals surface area contributed by atoms with Crippen LogP contribution >= 0.6 is 0 Å². The molecule has 0 aromatic heterocycles. The quantitative estimate of drug-likeness (QED) is 0.720. The summed E-state index contributed by atoms with van der Waals surface area (Å²) in [5.74, 6) is -1.35. The van der Waals surface area contributed by atoms with Gasteiger partial charge in [0.1, 0.15) is 0 Å². The van der Waals surface area contributed by atoms with E-state index in [-0.39, 0.29) is 18.2 Å². The van der Waals surface area contributed by atoms with Gasteiger partial charge in [-0.15, -0.1) is 0 Å². The molecule has 7 nitrogen and oxygen atoms in total. The van der Waals surface area contributed by atoms with Crippen LogP contribution in [0.25, 0.3) is 0 Å². The lowest BCUT2D eigenvalue weighted by atomic mass is 9.90.